The Bertz CT molecular complexity index is 498. The van der Waals surface area contributed by atoms with Crippen molar-refractivity contribution in [1.82, 2.24) is 10.0 Å². The van der Waals surface area contributed by atoms with E-state index in [9.17, 15) is 9.59 Å². The van der Waals surface area contributed by atoms with Gasteiger partial charge in [-0.15, -0.1) is 0 Å². The molecule has 4 heteroatoms. The molecule has 2 heterocycles. The third kappa shape index (κ3) is 1.59. The molecule has 18 heavy (non-hydrogen) atoms. The minimum absolute atomic E-state index is 0.0144. The number of Topliss-reactive ketones (excluding diaryl/α,β-unsaturated/α-hetero) is 1. The first-order valence-electron chi connectivity index (χ1n) is 6.16. The molecule has 1 amide bonds. The second-order valence-electron chi connectivity index (χ2n) is 6.15. The van der Waals surface area contributed by atoms with Crippen LogP contribution in [0.25, 0.3) is 0 Å². The molecule has 0 aromatic rings. The summed E-state index contributed by atoms with van der Waals surface area (Å²) in [5.74, 6) is -0.0498. The number of hydrogen-bond acceptors (Lipinski definition) is 3. The van der Waals surface area contributed by atoms with Crippen molar-refractivity contribution in [2.24, 2.45) is 0 Å². The van der Waals surface area contributed by atoms with E-state index in [0.29, 0.717) is 5.70 Å². The molecular formula is C14H20N2O2. The van der Waals surface area contributed by atoms with Crippen molar-refractivity contribution in [3.63, 3.8) is 0 Å². The zero-order chi connectivity index (χ0) is 13.9. The zero-order valence-electron chi connectivity index (χ0n) is 11.9. The molecule has 0 saturated heterocycles. The molecule has 2 aliphatic heterocycles. The first-order valence-corrected chi connectivity index (χ1v) is 6.16. The van der Waals surface area contributed by atoms with E-state index >= 15 is 0 Å². The van der Waals surface area contributed by atoms with Crippen LogP contribution in [-0.2, 0) is 9.59 Å². The van der Waals surface area contributed by atoms with Gasteiger partial charge in [0.05, 0.1) is 16.8 Å². The van der Waals surface area contributed by atoms with Gasteiger partial charge in [0.25, 0.3) is 5.91 Å². The Labute approximate surface area is 108 Å². The lowest BCUT2D eigenvalue weighted by Crippen LogP contribution is -2.61. The lowest BCUT2D eigenvalue weighted by Gasteiger charge is -2.49. The van der Waals surface area contributed by atoms with Crippen LogP contribution in [0.15, 0.2) is 23.4 Å². The van der Waals surface area contributed by atoms with E-state index in [1.54, 1.807) is 5.01 Å². The molecule has 0 radical (unpaired) electrons. The van der Waals surface area contributed by atoms with Crippen LogP contribution in [0.2, 0.25) is 0 Å². The highest BCUT2D eigenvalue weighted by Crippen LogP contribution is 2.41. The Kier molecular flexibility index (Phi) is 2.48. The second kappa shape index (κ2) is 3.46. The molecule has 0 fully saturated rings. The van der Waals surface area contributed by atoms with Crippen molar-refractivity contribution in [2.75, 3.05) is 0 Å². The minimum Gasteiger partial charge on any atom is -0.293 e. The van der Waals surface area contributed by atoms with E-state index < -0.39 is 5.54 Å². The van der Waals surface area contributed by atoms with Gasteiger partial charge in [-0.2, -0.15) is 0 Å². The summed E-state index contributed by atoms with van der Waals surface area (Å²) < 4.78 is 0. The number of carbonyl (C=O) groups is 2. The predicted octanol–water partition coefficient (Wildman–Crippen LogP) is 2.04. The summed E-state index contributed by atoms with van der Waals surface area (Å²) in [6, 6.07) is 0. The van der Waals surface area contributed by atoms with Crippen LogP contribution in [-0.4, -0.2) is 32.8 Å². The number of ketones is 1. The van der Waals surface area contributed by atoms with Gasteiger partial charge in [0.2, 0.25) is 0 Å². The van der Waals surface area contributed by atoms with Gasteiger partial charge in [0, 0.05) is 12.5 Å². The quantitative estimate of drug-likeness (QED) is 0.713. The first-order chi connectivity index (χ1) is 8.08. The molecular weight excluding hydrogens is 228 g/mol. The van der Waals surface area contributed by atoms with Crippen LogP contribution in [0.1, 0.15) is 41.5 Å². The molecule has 0 unspecified atom stereocenters. The smallest absolute Gasteiger partial charge is 0.268 e. The molecule has 0 aliphatic carbocycles. The molecule has 0 aromatic heterocycles. The summed E-state index contributed by atoms with van der Waals surface area (Å²) in [6.07, 6.45) is 3.80. The number of nitrogens with zero attached hydrogens (tertiary/aromatic N) is 2. The fraction of sp³-hybridized carbons (Fsp3) is 0.571. The molecule has 0 spiro atoms. The summed E-state index contributed by atoms with van der Waals surface area (Å²) >= 11 is 0. The Morgan fingerprint density at radius 2 is 1.56 bits per heavy atom. The predicted molar refractivity (Wildman–Crippen MR) is 69.4 cm³/mol. The first kappa shape index (κ1) is 12.9. The van der Waals surface area contributed by atoms with Crippen LogP contribution in [0.4, 0.5) is 0 Å². The Morgan fingerprint density at radius 1 is 1.06 bits per heavy atom. The number of hydrazine groups is 1. The number of hydrogen-bond donors (Lipinski definition) is 0. The largest absolute Gasteiger partial charge is 0.293 e. The van der Waals surface area contributed by atoms with Gasteiger partial charge in [-0.1, -0.05) is 0 Å². The molecule has 0 saturated carbocycles. The maximum absolute atomic E-state index is 12.3. The number of allylic oxidation sites excluding steroid dienone is 1. The van der Waals surface area contributed by atoms with E-state index in [1.165, 1.54) is 6.92 Å². The van der Waals surface area contributed by atoms with Crippen molar-refractivity contribution in [2.45, 2.75) is 52.6 Å². The van der Waals surface area contributed by atoms with Crippen LogP contribution in [0, 0.1) is 0 Å². The molecule has 0 aromatic carbocycles. The molecule has 4 nitrogen and oxygen atoms in total. The number of rotatable bonds is 1. The highest BCUT2D eigenvalue weighted by atomic mass is 16.2. The molecule has 0 N–H and O–H groups in total. The van der Waals surface area contributed by atoms with Gasteiger partial charge in [-0.25, -0.2) is 5.01 Å². The lowest BCUT2D eigenvalue weighted by molar-refractivity contribution is -0.158. The van der Waals surface area contributed by atoms with Gasteiger partial charge in [-0.3, -0.25) is 14.6 Å². The van der Waals surface area contributed by atoms with E-state index in [1.807, 2.05) is 51.8 Å². The molecule has 0 atom stereocenters. The topological polar surface area (TPSA) is 40.6 Å². The Hall–Kier alpha value is -1.58. The standard InChI is InChI=1S/C14H20N2O2/c1-9-7-13(3,4)15-11(10(2)17)8-14(5,6)16(15)12(9)18/h7-8H,1-6H3. The minimum atomic E-state index is -0.467. The third-order valence-corrected chi connectivity index (χ3v) is 3.47. The normalized spacial score (nSPS) is 24.7. The van der Waals surface area contributed by atoms with Gasteiger partial charge < -0.3 is 0 Å². The van der Waals surface area contributed by atoms with E-state index in [0.717, 1.165) is 5.57 Å². The summed E-state index contributed by atoms with van der Waals surface area (Å²) in [6.45, 7) is 11.3. The number of amides is 1. The van der Waals surface area contributed by atoms with Crippen molar-refractivity contribution >= 4 is 11.7 Å². The number of carbonyl (C=O) groups excluding carboxylic acids is 2. The van der Waals surface area contributed by atoms with Crippen molar-refractivity contribution < 1.29 is 9.59 Å². The molecule has 98 valence electrons. The summed E-state index contributed by atoms with van der Waals surface area (Å²) in [7, 11) is 0. The van der Waals surface area contributed by atoms with E-state index in [2.05, 4.69) is 0 Å². The zero-order valence-corrected chi connectivity index (χ0v) is 11.9. The average Bonchev–Trinajstić information content (AvgIpc) is 2.47. The van der Waals surface area contributed by atoms with Crippen molar-refractivity contribution in [1.29, 1.82) is 0 Å². The second-order valence-corrected chi connectivity index (χ2v) is 6.15. The van der Waals surface area contributed by atoms with Crippen molar-refractivity contribution in [3.05, 3.63) is 23.4 Å². The highest BCUT2D eigenvalue weighted by molar-refractivity contribution is 5.99. The lowest BCUT2D eigenvalue weighted by atomic mass is 9.96. The monoisotopic (exact) mass is 248 g/mol. The molecule has 0 bridgehead atoms. The highest BCUT2D eigenvalue weighted by Gasteiger charge is 2.50. The van der Waals surface area contributed by atoms with Crippen molar-refractivity contribution in [3.8, 4) is 0 Å². The Morgan fingerprint density at radius 3 is 2.06 bits per heavy atom. The Balaban J connectivity index is 2.63. The maximum atomic E-state index is 12.3. The molecule has 2 aliphatic rings. The number of fused-ring (bicyclic) bond motifs is 1. The van der Waals surface area contributed by atoms with Gasteiger partial charge in [0.15, 0.2) is 5.78 Å². The summed E-state index contributed by atoms with van der Waals surface area (Å²) in [5, 5.41) is 3.52. The van der Waals surface area contributed by atoms with E-state index in [4.69, 9.17) is 0 Å². The van der Waals surface area contributed by atoms with Crippen LogP contribution in [0.3, 0.4) is 0 Å². The van der Waals surface area contributed by atoms with Crippen LogP contribution >= 0.6 is 0 Å². The summed E-state index contributed by atoms with van der Waals surface area (Å²) in [4.78, 5) is 24.1. The van der Waals surface area contributed by atoms with Gasteiger partial charge in [0.1, 0.15) is 0 Å². The SMILES string of the molecule is CC(=O)C1=CC(C)(C)N2C(=O)C(C)=CC(C)(C)N12. The fourth-order valence-electron chi connectivity index (χ4n) is 2.81. The van der Waals surface area contributed by atoms with Gasteiger partial charge >= 0.3 is 0 Å². The summed E-state index contributed by atoms with van der Waals surface area (Å²) in [5.41, 5.74) is 0.485. The average molecular weight is 248 g/mol. The van der Waals surface area contributed by atoms with Crippen LogP contribution in [0.5, 0.6) is 0 Å². The maximum Gasteiger partial charge on any atom is 0.268 e. The van der Waals surface area contributed by atoms with Crippen LogP contribution < -0.4 is 0 Å². The van der Waals surface area contributed by atoms with Gasteiger partial charge in [-0.05, 0) is 46.8 Å². The third-order valence-electron chi connectivity index (χ3n) is 3.47. The molecule has 2 rings (SSSR count). The fourth-order valence-corrected chi connectivity index (χ4v) is 2.81. The van der Waals surface area contributed by atoms with E-state index in [-0.39, 0.29) is 17.2 Å².